The van der Waals surface area contributed by atoms with Crippen molar-refractivity contribution in [3.05, 3.63) is 11.7 Å². The van der Waals surface area contributed by atoms with Crippen molar-refractivity contribution >= 4 is 0 Å². The van der Waals surface area contributed by atoms with E-state index in [1.807, 2.05) is 0 Å². The first kappa shape index (κ1) is 10.6. The Hall–Kier alpha value is -0.940. The van der Waals surface area contributed by atoms with Gasteiger partial charge >= 0.3 is 0 Å². The number of hydrogen-bond donors (Lipinski definition) is 1. The number of rotatable bonds is 3. The zero-order valence-corrected chi connectivity index (χ0v) is 8.85. The van der Waals surface area contributed by atoms with Gasteiger partial charge in [-0.25, -0.2) is 0 Å². The molecule has 1 aliphatic rings. The summed E-state index contributed by atoms with van der Waals surface area (Å²) in [5, 5.41) is 13.1. The minimum Gasteiger partial charge on any atom is -0.393 e. The molecule has 0 saturated carbocycles. The predicted molar refractivity (Wildman–Crippen MR) is 52.5 cm³/mol. The van der Waals surface area contributed by atoms with Gasteiger partial charge in [0.1, 0.15) is 0 Å². The second-order valence-corrected chi connectivity index (χ2v) is 3.99. The highest BCUT2D eigenvalue weighted by Crippen LogP contribution is 2.24. The summed E-state index contributed by atoms with van der Waals surface area (Å²) < 4.78 is 10.3. The van der Waals surface area contributed by atoms with E-state index in [0.29, 0.717) is 18.2 Å². The first-order valence-electron chi connectivity index (χ1n) is 5.34. The van der Waals surface area contributed by atoms with Gasteiger partial charge in [0, 0.05) is 19.1 Å². The molecule has 15 heavy (non-hydrogen) atoms. The van der Waals surface area contributed by atoms with Gasteiger partial charge in [0.25, 0.3) is 0 Å². The predicted octanol–water partition coefficient (Wildman–Crippen LogP) is 0.887. The van der Waals surface area contributed by atoms with Crippen LogP contribution in [-0.4, -0.2) is 34.6 Å². The van der Waals surface area contributed by atoms with Crippen LogP contribution in [0.3, 0.4) is 0 Å². The van der Waals surface area contributed by atoms with E-state index in [0.717, 1.165) is 31.9 Å². The van der Waals surface area contributed by atoms with Gasteiger partial charge in [-0.05, 0) is 19.8 Å². The molecular weight excluding hydrogens is 196 g/mol. The van der Waals surface area contributed by atoms with E-state index in [1.165, 1.54) is 0 Å². The van der Waals surface area contributed by atoms with Gasteiger partial charge in [-0.2, -0.15) is 4.98 Å². The molecule has 0 bridgehead atoms. The van der Waals surface area contributed by atoms with Crippen LogP contribution in [0.15, 0.2) is 4.52 Å². The SMILES string of the molecule is CC(O)Cc1nc(C2CCOCC2)no1. The Kier molecular flexibility index (Phi) is 3.33. The van der Waals surface area contributed by atoms with Crippen LogP contribution in [-0.2, 0) is 11.2 Å². The van der Waals surface area contributed by atoms with E-state index < -0.39 is 6.10 Å². The molecule has 5 nitrogen and oxygen atoms in total. The van der Waals surface area contributed by atoms with E-state index in [1.54, 1.807) is 6.92 Å². The summed E-state index contributed by atoms with van der Waals surface area (Å²) in [4.78, 5) is 4.28. The highest BCUT2D eigenvalue weighted by Gasteiger charge is 2.21. The van der Waals surface area contributed by atoms with E-state index in [4.69, 9.17) is 9.26 Å². The van der Waals surface area contributed by atoms with Crippen molar-refractivity contribution in [2.45, 2.75) is 38.2 Å². The van der Waals surface area contributed by atoms with Gasteiger partial charge in [-0.15, -0.1) is 0 Å². The highest BCUT2D eigenvalue weighted by molar-refractivity contribution is 4.97. The van der Waals surface area contributed by atoms with Gasteiger partial charge in [-0.3, -0.25) is 0 Å². The number of nitrogens with zero attached hydrogens (tertiary/aromatic N) is 2. The van der Waals surface area contributed by atoms with Crippen molar-refractivity contribution in [1.29, 1.82) is 0 Å². The lowest BCUT2D eigenvalue weighted by Crippen LogP contribution is -2.15. The molecule has 1 aromatic heterocycles. The monoisotopic (exact) mass is 212 g/mol. The van der Waals surface area contributed by atoms with E-state index in [2.05, 4.69) is 10.1 Å². The molecule has 0 aromatic carbocycles. The number of aliphatic hydroxyl groups excluding tert-OH is 1. The Labute approximate surface area is 88.4 Å². The van der Waals surface area contributed by atoms with Crippen LogP contribution in [0, 0.1) is 0 Å². The standard InChI is InChI=1S/C10H16N2O3/c1-7(13)6-9-11-10(12-15-9)8-2-4-14-5-3-8/h7-8,13H,2-6H2,1H3. The molecule has 84 valence electrons. The third kappa shape index (κ3) is 2.76. The number of aliphatic hydroxyl groups is 1. The zero-order valence-electron chi connectivity index (χ0n) is 8.85. The number of hydrogen-bond acceptors (Lipinski definition) is 5. The normalized spacial score (nSPS) is 20.4. The molecule has 5 heteroatoms. The summed E-state index contributed by atoms with van der Waals surface area (Å²) in [5.41, 5.74) is 0. The molecule has 1 fully saturated rings. The summed E-state index contributed by atoms with van der Waals surface area (Å²) in [6.07, 6.45) is 1.89. The first-order valence-corrected chi connectivity index (χ1v) is 5.34. The Morgan fingerprint density at radius 2 is 2.20 bits per heavy atom. The summed E-state index contributed by atoms with van der Waals surface area (Å²) in [6.45, 7) is 3.24. The van der Waals surface area contributed by atoms with Crippen molar-refractivity contribution in [2.75, 3.05) is 13.2 Å². The molecule has 0 radical (unpaired) electrons. The lowest BCUT2D eigenvalue weighted by atomic mass is 10.00. The fourth-order valence-corrected chi connectivity index (χ4v) is 1.73. The van der Waals surface area contributed by atoms with Crippen molar-refractivity contribution in [1.82, 2.24) is 10.1 Å². The summed E-state index contributed by atoms with van der Waals surface area (Å²) in [5.74, 6) is 1.63. The van der Waals surface area contributed by atoms with Crippen LogP contribution < -0.4 is 0 Å². The minimum absolute atomic E-state index is 0.352. The number of aromatic nitrogens is 2. The molecule has 0 aliphatic carbocycles. The number of ether oxygens (including phenoxy) is 1. The van der Waals surface area contributed by atoms with Crippen molar-refractivity contribution in [2.24, 2.45) is 0 Å². The molecule has 1 saturated heterocycles. The second kappa shape index (κ2) is 4.72. The van der Waals surface area contributed by atoms with Crippen molar-refractivity contribution in [3.63, 3.8) is 0 Å². The molecule has 2 heterocycles. The first-order chi connectivity index (χ1) is 7.25. The fraction of sp³-hybridized carbons (Fsp3) is 0.800. The zero-order chi connectivity index (χ0) is 10.7. The van der Waals surface area contributed by atoms with Gasteiger partial charge in [0.05, 0.1) is 12.5 Å². The molecule has 0 amide bonds. The average molecular weight is 212 g/mol. The maximum Gasteiger partial charge on any atom is 0.229 e. The Balaban J connectivity index is 1.99. The second-order valence-electron chi connectivity index (χ2n) is 3.99. The molecule has 1 N–H and O–H groups in total. The fourth-order valence-electron chi connectivity index (χ4n) is 1.73. The van der Waals surface area contributed by atoms with Crippen LogP contribution in [0.25, 0.3) is 0 Å². The van der Waals surface area contributed by atoms with E-state index >= 15 is 0 Å². The molecule has 0 spiro atoms. The Morgan fingerprint density at radius 3 is 2.87 bits per heavy atom. The van der Waals surface area contributed by atoms with Crippen LogP contribution in [0.4, 0.5) is 0 Å². The lowest BCUT2D eigenvalue weighted by molar-refractivity contribution is 0.0830. The molecule has 1 aromatic rings. The highest BCUT2D eigenvalue weighted by atomic mass is 16.5. The molecule has 1 aliphatic heterocycles. The minimum atomic E-state index is -0.437. The third-order valence-electron chi connectivity index (χ3n) is 2.54. The maximum atomic E-state index is 9.18. The van der Waals surface area contributed by atoms with E-state index in [9.17, 15) is 5.11 Å². The van der Waals surface area contributed by atoms with Crippen molar-refractivity contribution in [3.8, 4) is 0 Å². The molecule has 1 unspecified atom stereocenters. The van der Waals surface area contributed by atoms with Gasteiger partial charge in [0.2, 0.25) is 5.89 Å². The van der Waals surface area contributed by atoms with Crippen LogP contribution in [0.2, 0.25) is 0 Å². The lowest BCUT2D eigenvalue weighted by Gasteiger charge is -2.18. The average Bonchev–Trinajstić information content (AvgIpc) is 2.67. The topological polar surface area (TPSA) is 68.4 Å². The Morgan fingerprint density at radius 1 is 1.47 bits per heavy atom. The molecule has 1 atom stereocenters. The summed E-state index contributed by atoms with van der Waals surface area (Å²) in [6, 6.07) is 0. The Bertz CT molecular complexity index is 305. The van der Waals surface area contributed by atoms with Crippen LogP contribution in [0.5, 0.6) is 0 Å². The van der Waals surface area contributed by atoms with Crippen LogP contribution >= 0.6 is 0 Å². The van der Waals surface area contributed by atoms with Crippen molar-refractivity contribution < 1.29 is 14.4 Å². The quantitative estimate of drug-likeness (QED) is 0.805. The van der Waals surface area contributed by atoms with E-state index in [-0.39, 0.29) is 0 Å². The summed E-state index contributed by atoms with van der Waals surface area (Å²) >= 11 is 0. The van der Waals surface area contributed by atoms with Gasteiger partial charge in [0.15, 0.2) is 5.82 Å². The van der Waals surface area contributed by atoms with Gasteiger partial charge in [-0.1, -0.05) is 5.16 Å². The molecular formula is C10H16N2O3. The summed E-state index contributed by atoms with van der Waals surface area (Å²) in [7, 11) is 0. The smallest absolute Gasteiger partial charge is 0.229 e. The van der Waals surface area contributed by atoms with Crippen LogP contribution in [0.1, 0.15) is 37.4 Å². The van der Waals surface area contributed by atoms with Gasteiger partial charge < -0.3 is 14.4 Å². The third-order valence-corrected chi connectivity index (χ3v) is 2.54. The largest absolute Gasteiger partial charge is 0.393 e. The maximum absolute atomic E-state index is 9.18. The molecule has 2 rings (SSSR count).